The Morgan fingerprint density at radius 2 is 2.05 bits per heavy atom. The first-order valence-electron chi connectivity index (χ1n) is 5.21. The third kappa shape index (κ3) is 3.51. The molecular formula is C10H14N2O5S2. The molecule has 1 amide bonds. The SMILES string of the molecule is CC(C)(C(=O)NCc1nc(C(=O)O)cs1)S(C)(=O)=O. The average Bonchev–Trinajstić information content (AvgIpc) is 2.72. The van der Waals surface area contributed by atoms with Crippen molar-refractivity contribution in [3.8, 4) is 0 Å². The summed E-state index contributed by atoms with van der Waals surface area (Å²) in [5.74, 6) is -1.80. The molecule has 0 unspecified atom stereocenters. The smallest absolute Gasteiger partial charge is 0.355 e. The van der Waals surface area contributed by atoms with Gasteiger partial charge in [-0.25, -0.2) is 18.2 Å². The Morgan fingerprint density at radius 3 is 2.47 bits per heavy atom. The fourth-order valence-electron chi connectivity index (χ4n) is 1.03. The number of carboxylic acid groups (broad SMARTS) is 1. The van der Waals surface area contributed by atoms with Gasteiger partial charge in [-0.15, -0.1) is 11.3 Å². The lowest BCUT2D eigenvalue weighted by Crippen LogP contribution is -2.47. The molecule has 0 bridgehead atoms. The van der Waals surface area contributed by atoms with Gasteiger partial charge < -0.3 is 10.4 Å². The molecule has 1 aromatic rings. The quantitative estimate of drug-likeness (QED) is 0.808. The van der Waals surface area contributed by atoms with Crippen LogP contribution in [0.3, 0.4) is 0 Å². The number of hydrogen-bond acceptors (Lipinski definition) is 6. The van der Waals surface area contributed by atoms with Gasteiger partial charge >= 0.3 is 5.97 Å². The Morgan fingerprint density at radius 1 is 1.47 bits per heavy atom. The Hall–Kier alpha value is -1.48. The van der Waals surface area contributed by atoms with Crippen LogP contribution in [0, 0.1) is 0 Å². The van der Waals surface area contributed by atoms with Crippen molar-refractivity contribution in [3.05, 3.63) is 16.1 Å². The number of amides is 1. The van der Waals surface area contributed by atoms with E-state index in [-0.39, 0.29) is 12.2 Å². The number of rotatable bonds is 5. The van der Waals surface area contributed by atoms with Gasteiger partial charge in [-0.3, -0.25) is 4.79 Å². The molecule has 1 heterocycles. The number of hydrogen-bond donors (Lipinski definition) is 2. The highest BCUT2D eigenvalue weighted by Crippen LogP contribution is 2.16. The van der Waals surface area contributed by atoms with E-state index >= 15 is 0 Å². The minimum absolute atomic E-state index is 0.00424. The maximum Gasteiger partial charge on any atom is 0.355 e. The minimum atomic E-state index is -3.54. The van der Waals surface area contributed by atoms with Crippen LogP contribution in [0.5, 0.6) is 0 Å². The lowest BCUT2D eigenvalue weighted by atomic mass is 10.2. The maximum absolute atomic E-state index is 11.8. The van der Waals surface area contributed by atoms with Crippen molar-refractivity contribution in [2.24, 2.45) is 0 Å². The van der Waals surface area contributed by atoms with Gasteiger partial charge in [0.2, 0.25) is 5.91 Å². The first kappa shape index (κ1) is 15.6. The molecule has 106 valence electrons. The van der Waals surface area contributed by atoms with Crippen molar-refractivity contribution in [1.29, 1.82) is 0 Å². The predicted octanol–water partition coefficient (Wildman–Crippen LogP) is 0.281. The van der Waals surface area contributed by atoms with Gasteiger partial charge in [-0.1, -0.05) is 0 Å². The van der Waals surface area contributed by atoms with E-state index in [9.17, 15) is 18.0 Å². The molecule has 1 aromatic heterocycles. The first-order valence-corrected chi connectivity index (χ1v) is 7.98. The van der Waals surface area contributed by atoms with Crippen molar-refractivity contribution in [2.75, 3.05) is 6.26 Å². The van der Waals surface area contributed by atoms with Crippen LogP contribution in [0.15, 0.2) is 5.38 Å². The number of nitrogens with zero attached hydrogens (tertiary/aromatic N) is 1. The zero-order valence-corrected chi connectivity index (χ0v) is 12.3. The van der Waals surface area contributed by atoms with Crippen LogP contribution >= 0.6 is 11.3 Å². The molecule has 0 spiro atoms. The second-order valence-electron chi connectivity index (χ2n) is 4.40. The van der Waals surface area contributed by atoms with Crippen LogP contribution in [-0.4, -0.2) is 41.4 Å². The van der Waals surface area contributed by atoms with Crippen LogP contribution in [0.4, 0.5) is 0 Å². The van der Waals surface area contributed by atoms with E-state index in [0.29, 0.717) is 5.01 Å². The number of carbonyl (C=O) groups excluding carboxylic acids is 1. The second-order valence-corrected chi connectivity index (χ2v) is 7.90. The molecule has 0 aliphatic carbocycles. The van der Waals surface area contributed by atoms with Gasteiger partial charge in [0.05, 0.1) is 6.54 Å². The fraction of sp³-hybridized carbons (Fsp3) is 0.500. The van der Waals surface area contributed by atoms with Crippen molar-refractivity contribution in [1.82, 2.24) is 10.3 Å². The fourth-order valence-corrected chi connectivity index (χ4v) is 2.14. The van der Waals surface area contributed by atoms with Crippen molar-refractivity contribution in [3.63, 3.8) is 0 Å². The van der Waals surface area contributed by atoms with Gasteiger partial charge in [0, 0.05) is 11.6 Å². The normalized spacial score (nSPS) is 12.2. The van der Waals surface area contributed by atoms with E-state index in [2.05, 4.69) is 10.3 Å². The molecule has 19 heavy (non-hydrogen) atoms. The largest absolute Gasteiger partial charge is 0.476 e. The summed E-state index contributed by atoms with van der Waals surface area (Å²) in [6.07, 6.45) is 0.985. The number of thiazole rings is 1. The van der Waals surface area contributed by atoms with Crippen LogP contribution < -0.4 is 5.32 Å². The predicted molar refractivity (Wildman–Crippen MR) is 69.8 cm³/mol. The monoisotopic (exact) mass is 306 g/mol. The molecule has 2 N–H and O–H groups in total. The first-order chi connectivity index (χ1) is 8.55. The van der Waals surface area contributed by atoms with E-state index in [1.807, 2.05) is 0 Å². The highest BCUT2D eigenvalue weighted by molar-refractivity contribution is 7.92. The van der Waals surface area contributed by atoms with Gasteiger partial charge in [0.25, 0.3) is 0 Å². The molecule has 7 nitrogen and oxygen atoms in total. The van der Waals surface area contributed by atoms with E-state index in [1.165, 1.54) is 19.2 Å². The van der Waals surface area contributed by atoms with E-state index in [4.69, 9.17) is 5.11 Å². The molecule has 0 aliphatic rings. The summed E-state index contributed by atoms with van der Waals surface area (Å²) in [5, 5.41) is 12.9. The summed E-state index contributed by atoms with van der Waals surface area (Å²) in [4.78, 5) is 26.2. The van der Waals surface area contributed by atoms with Crippen LogP contribution in [0.2, 0.25) is 0 Å². The highest BCUT2D eigenvalue weighted by Gasteiger charge is 2.38. The molecule has 0 atom stereocenters. The standard InChI is InChI=1S/C10H14N2O5S2/c1-10(2,19(3,16)17)9(15)11-4-7-12-6(5-18-7)8(13)14/h5H,4H2,1-3H3,(H,11,15)(H,13,14). The van der Waals surface area contributed by atoms with Gasteiger partial charge in [0.1, 0.15) is 9.75 Å². The molecular weight excluding hydrogens is 292 g/mol. The summed E-state index contributed by atoms with van der Waals surface area (Å²) in [7, 11) is -3.54. The summed E-state index contributed by atoms with van der Waals surface area (Å²) in [6, 6.07) is 0. The molecule has 0 saturated carbocycles. The number of carboxylic acids is 1. The van der Waals surface area contributed by atoms with Crippen LogP contribution in [0.1, 0.15) is 29.3 Å². The third-order valence-corrected chi connectivity index (χ3v) is 5.53. The Balaban J connectivity index is 2.72. The van der Waals surface area contributed by atoms with E-state index < -0.39 is 26.5 Å². The molecule has 0 radical (unpaired) electrons. The topological polar surface area (TPSA) is 113 Å². The zero-order valence-electron chi connectivity index (χ0n) is 10.6. The maximum atomic E-state index is 11.8. The van der Waals surface area contributed by atoms with Crippen molar-refractivity contribution in [2.45, 2.75) is 25.1 Å². The van der Waals surface area contributed by atoms with Crippen molar-refractivity contribution < 1.29 is 23.1 Å². The van der Waals surface area contributed by atoms with Gasteiger partial charge in [-0.05, 0) is 13.8 Å². The van der Waals surface area contributed by atoms with Crippen LogP contribution in [-0.2, 0) is 21.2 Å². The number of aromatic carboxylic acids is 1. The second kappa shape index (κ2) is 5.25. The summed E-state index contributed by atoms with van der Waals surface area (Å²) >= 11 is 1.08. The Kier molecular flexibility index (Phi) is 4.31. The van der Waals surface area contributed by atoms with Gasteiger partial charge in [-0.2, -0.15) is 0 Å². The van der Waals surface area contributed by atoms with Crippen LogP contribution in [0.25, 0.3) is 0 Å². The zero-order chi connectivity index (χ0) is 14.8. The molecule has 0 fully saturated rings. The van der Waals surface area contributed by atoms with Crippen molar-refractivity contribution >= 4 is 33.1 Å². The van der Waals surface area contributed by atoms with E-state index in [0.717, 1.165) is 17.6 Å². The highest BCUT2D eigenvalue weighted by atomic mass is 32.2. The lowest BCUT2D eigenvalue weighted by Gasteiger charge is -2.20. The van der Waals surface area contributed by atoms with Gasteiger partial charge in [0.15, 0.2) is 15.5 Å². The van der Waals surface area contributed by atoms with E-state index in [1.54, 1.807) is 0 Å². The summed E-state index contributed by atoms with van der Waals surface area (Å²) in [6.45, 7) is 2.61. The molecule has 0 saturated heterocycles. The summed E-state index contributed by atoms with van der Waals surface area (Å²) in [5.41, 5.74) is -0.100. The molecule has 0 aromatic carbocycles. The lowest BCUT2D eigenvalue weighted by molar-refractivity contribution is -0.123. The number of aromatic nitrogens is 1. The summed E-state index contributed by atoms with van der Waals surface area (Å²) < 4.78 is 21.4. The average molecular weight is 306 g/mol. The number of sulfone groups is 1. The minimum Gasteiger partial charge on any atom is -0.476 e. The Labute approximate surface area is 114 Å². The molecule has 9 heteroatoms. The third-order valence-electron chi connectivity index (χ3n) is 2.64. The number of carbonyl (C=O) groups is 2. The molecule has 0 aliphatic heterocycles. The molecule has 1 rings (SSSR count). The Bertz CT molecular complexity index is 603. The number of nitrogens with one attached hydrogen (secondary N) is 1.